The Balaban J connectivity index is 1.94. The van der Waals surface area contributed by atoms with E-state index >= 15 is 0 Å². The van der Waals surface area contributed by atoms with E-state index in [1.807, 2.05) is 30.3 Å². The van der Waals surface area contributed by atoms with Gasteiger partial charge < -0.3 is 10.2 Å². The quantitative estimate of drug-likeness (QED) is 0.414. The summed E-state index contributed by atoms with van der Waals surface area (Å²) in [4.78, 5) is 27.1. The Labute approximate surface area is 161 Å². The highest BCUT2D eigenvalue weighted by atomic mass is 16.3. The van der Waals surface area contributed by atoms with Crippen LogP contribution in [-0.2, 0) is 9.59 Å². The fourth-order valence-electron chi connectivity index (χ4n) is 3.41. The molecule has 3 aromatic carbocycles. The smallest absolute Gasteiger partial charge is 0.300 e. The van der Waals surface area contributed by atoms with Crippen LogP contribution >= 0.6 is 0 Å². The summed E-state index contributed by atoms with van der Waals surface area (Å²) in [5, 5.41) is 20.5. The Hall–Kier alpha value is -3.86. The van der Waals surface area contributed by atoms with Crippen molar-refractivity contribution in [2.75, 3.05) is 4.90 Å². The molecule has 0 aromatic heterocycles. The fraction of sp³-hybridized carbons (Fsp3) is 0.0435. The monoisotopic (exact) mass is 371 g/mol. The first-order valence-electron chi connectivity index (χ1n) is 8.78. The van der Waals surface area contributed by atoms with E-state index in [0.717, 1.165) is 0 Å². The first-order chi connectivity index (χ1) is 13.6. The zero-order chi connectivity index (χ0) is 19.7. The number of carbonyl (C=O) groups excluding carboxylic acids is 2. The molecule has 2 N–H and O–H groups in total. The third-order valence-electron chi connectivity index (χ3n) is 4.73. The molecular weight excluding hydrogens is 354 g/mol. The van der Waals surface area contributed by atoms with Crippen molar-refractivity contribution in [2.24, 2.45) is 0 Å². The second kappa shape index (κ2) is 7.04. The number of aliphatic hydroxyl groups is 1. The summed E-state index contributed by atoms with van der Waals surface area (Å²) >= 11 is 0. The van der Waals surface area contributed by atoms with Gasteiger partial charge in [0, 0.05) is 11.3 Å². The van der Waals surface area contributed by atoms with Crippen molar-refractivity contribution < 1.29 is 19.8 Å². The van der Waals surface area contributed by atoms with Gasteiger partial charge >= 0.3 is 0 Å². The number of phenolic OH excluding ortho intramolecular Hbond substituents is 1. The van der Waals surface area contributed by atoms with Gasteiger partial charge in [-0.25, -0.2) is 0 Å². The number of benzene rings is 3. The van der Waals surface area contributed by atoms with E-state index < -0.39 is 17.7 Å². The van der Waals surface area contributed by atoms with Crippen molar-refractivity contribution in [1.82, 2.24) is 0 Å². The number of Topliss-reactive ketones (excluding diaryl/α,β-unsaturated/α-hetero) is 1. The lowest BCUT2D eigenvalue weighted by atomic mass is 9.95. The molecule has 0 radical (unpaired) electrons. The molecule has 138 valence electrons. The number of nitrogens with zero attached hydrogens (tertiary/aromatic N) is 1. The molecule has 3 aromatic rings. The van der Waals surface area contributed by atoms with Gasteiger partial charge in [0.05, 0.1) is 11.6 Å². The molecule has 0 saturated carbocycles. The molecule has 1 atom stereocenters. The predicted molar refractivity (Wildman–Crippen MR) is 106 cm³/mol. The van der Waals surface area contributed by atoms with Crippen molar-refractivity contribution in [3.63, 3.8) is 0 Å². The van der Waals surface area contributed by atoms with Crippen LogP contribution < -0.4 is 4.90 Å². The minimum atomic E-state index is -0.772. The third-order valence-corrected chi connectivity index (χ3v) is 4.73. The van der Waals surface area contributed by atoms with Gasteiger partial charge in [-0.15, -0.1) is 0 Å². The molecule has 0 bridgehead atoms. The molecule has 5 heteroatoms. The topological polar surface area (TPSA) is 77.8 Å². The van der Waals surface area contributed by atoms with Crippen LogP contribution in [0.15, 0.2) is 90.5 Å². The zero-order valence-electron chi connectivity index (χ0n) is 14.8. The van der Waals surface area contributed by atoms with E-state index in [-0.39, 0.29) is 17.1 Å². The number of hydrogen-bond donors (Lipinski definition) is 2. The van der Waals surface area contributed by atoms with Crippen molar-refractivity contribution in [3.05, 3.63) is 102 Å². The minimum Gasteiger partial charge on any atom is -0.508 e. The molecule has 1 aliphatic heterocycles. The van der Waals surface area contributed by atoms with E-state index in [4.69, 9.17) is 0 Å². The number of aromatic hydroxyl groups is 1. The molecule has 28 heavy (non-hydrogen) atoms. The Morgan fingerprint density at radius 1 is 0.786 bits per heavy atom. The number of carbonyl (C=O) groups is 2. The summed E-state index contributed by atoms with van der Waals surface area (Å²) in [5.74, 6) is -1.63. The SMILES string of the molecule is O=C1C(=O)N(c2ccc(O)cc2)[C@H](c2ccccc2)/C1=C(\O)c1ccccc1. The Morgan fingerprint density at radius 3 is 1.96 bits per heavy atom. The van der Waals surface area contributed by atoms with Crippen molar-refractivity contribution in [3.8, 4) is 5.75 Å². The average Bonchev–Trinajstić information content (AvgIpc) is 3.00. The average molecular weight is 371 g/mol. The van der Waals surface area contributed by atoms with Crippen LogP contribution in [0.3, 0.4) is 0 Å². The summed E-state index contributed by atoms with van der Waals surface area (Å²) < 4.78 is 0. The third kappa shape index (κ3) is 2.93. The first kappa shape index (κ1) is 17.5. The summed E-state index contributed by atoms with van der Waals surface area (Å²) in [7, 11) is 0. The lowest BCUT2D eigenvalue weighted by Gasteiger charge is -2.25. The molecule has 0 unspecified atom stereocenters. The second-order valence-electron chi connectivity index (χ2n) is 6.46. The van der Waals surface area contributed by atoms with E-state index in [1.54, 1.807) is 42.5 Å². The molecule has 1 saturated heterocycles. The molecule has 0 aliphatic carbocycles. The number of hydrogen-bond acceptors (Lipinski definition) is 4. The largest absolute Gasteiger partial charge is 0.508 e. The van der Waals surface area contributed by atoms with Crippen molar-refractivity contribution in [2.45, 2.75) is 6.04 Å². The van der Waals surface area contributed by atoms with Gasteiger partial charge in [-0.05, 0) is 29.8 Å². The zero-order valence-corrected chi connectivity index (χ0v) is 14.8. The first-order valence-corrected chi connectivity index (χ1v) is 8.78. The van der Waals surface area contributed by atoms with E-state index in [9.17, 15) is 19.8 Å². The summed E-state index contributed by atoms with van der Waals surface area (Å²) in [5.41, 5.74) is 1.66. The van der Waals surface area contributed by atoms with E-state index in [1.165, 1.54) is 17.0 Å². The van der Waals surface area contributed by atoms with Crippen LogP contribution in [0.4, 0.5) is 5.69 Å². The Kier molecular flexibility index (Phi) is 4.41. The number of ketones is 1. The molecule has 0 spiro atoms. The maximum absolute atomic E-state index is 12.9. The van der Waals surface area contributed by atoms with Crippen LogP contribution in [0.5, 0.6) is 5.75 Å². The predicted octanol–water partition coefficient (Wildman–Crippen LogP) is 4.02. The van der Waals surface area contributed by atoms with Crippen molar-refractivity contribution >= 4 is 23.1 Å². The van der Waals surface area contributed by atoms with Gasteiger partial charge in [-0.3, -0.25) is 14.5 Å². The summed E-state index contributed by atoms with van der Waals surface area (Å²) in [6.45, 7) is 0. The van der Waals surface area contributed by atoms with E-state index in [2.05, 4.69) is 0 Å². The number of amides is 1. The lowest BCUT2D eigenvalue weighted by molar-refractivity contribution is -0.132. The highest BCUT2D eigenvalue weighted by molar-refractivity contribution is 6.51. The van der Waals surface area contributed by atoms with Gasteiger partial charge in [-0.2, -0.15) is 0 Å². The molecule has 4 rings (SSSR count). The molecule has 1 fully saturated rings. The molecule has 1 aliphatic rings. The van der Waals surface area contributed by atoms with Gasteiger partial charge in [-0.1, -0.05) is 60.7 Å². The maximum Gasteiger partial charge on any atom is 0.300 e. The fourth-order valence-corrected chi connectivity index (χ4v) is 3.41. The van der Waals surface area contributed by atoms with E-state index in [0.29, 0.717) is 16.8 Å². The number of anilines is 1. The van der Waals surface area contributed by atoms with Gasteiger partial charge in [0.2, 0.25) is 0 Å². The number of rotatable bonds is 3. The number of aliphatic hydroxyl groups excluding tert-OH is 1. The standard InChI is InChI=1S/C23H17NO4/c25-18-13-11-17(12-14-18)24-20(15-7-3-1-4-8-15)19(22(27)23(24)28)21(26)16-9-5-2-6-10-16/h1-14,20,25-26H/b21-19+/t20-/m1/s1. The molecule has 1 heterocycles. The van der Waals surface area contributed by atoms with Crippen molar-refractivity contribution in [1.29, 1.82) is 0 Å². The van der Waals surface area contributed by atoms with Crippen LogP contribution in [0.1, 0.15) is 17.2 Å². The van der Waals surface area contributed by atoms with Gasteiger partial charge in [0.25, 0.3) is 11.7 Å². The minimum absolute atomic E-state index is 0.0375. The summed E-state index contributed by atoms with van der Waals surface area (Å²) in [6.07, 6.45) is 0. The van der Waals surface area contributed by atoms with Gasteiger partial charge in [0.15, 0.2) is 0 Å². The second-order valence-corrected chi connectivity index (χ2v) is 6.46. The maximum atomic E-state index is 12.9. The highest BCUT2D eigenvalue weighted by Crippen LogP contribution is 2.42. The molecule has 1 amide bonds. The molecule has 5 nitrogen and oxygen atoms in total. The summed E-state index contributed by atoms with van der Waals surface area (Å²) in [6, 6.07) is 23.0. The van der Waals surface area contributed by atoms with Crippen LogP contribution in [0.25, 0.3) is 5.76 Å². The molecular formula is C23H17NO4. The normalized spacial score (nSPS) is 18.4. The number of phenols is 1. The Morgan fingerprint density at radius 2 is 1.36 bits per heavy atom. The highest BCUT2D eigenvalue weighted by Gasteiger charge is 2.46. The van der Waals surface area contributed by atoms with Crippen LogP contribution in [0, 0.1) is 0 Å². The Bertz CT molecular complexity index is 1060. The van der Waals surface area contributed by atoms with Crippen LogP contribution in [0.2, 0.25) is 0 Å². The van der Waals surface area contributed by atoms with Gasteiger partial charge in [0.1, 0.15) is 11.5 Å². The van der Waals surface area contributed by atoms with Crippen LogP contribution in [-0.4, -0.2) is 21.9 Å². The lowest BCUT2D eigenvalue weighted by Crippen LogP contribution is -2.29.